The Hall–Kier alpha value is -0.580. The number of benzene rings is 1. The summed E-state index contributed by atoms with van der Waals surface area (Å²) in [5.74, 6) is -0.111. The zero-order valence-corrected chi connectivity index (χ0v) is 13.1. The molecule has 1 aromatic carbocycles. The van der Waals surface area contributed by atoms with E-state index in [2.05, 4.69) is 21.2 Å². The van der Waals surface area contributed by atoms with Crippen LogP contribution in [0, 0.1) is 5.41 Å². The van der Waals surface area contributed by atoms with E-state index >= 15 is 0 Å². The lowest BCUT2D eigenvalue weighted by atomic mass is 9.85. The molecule has 1 unspecified atom stereocenters. The van der Waals surface area contributed by atoms with Gasteiger partial charge in [-0.25, -0.2) is 0 Å². The van der Waals surface area contributed by atoms with Crippen molar-refractivity contribution in [1.29, 1.82) is 0 Å². The Kier molecular flexibility index (Phi) is 5.20. The first kappa shape index (κ1) is 15.5. The van der Waals surface area contributed by atoms with Gasteiger partial charge in [0.25, 0.3) is 0 Å². The number of amides is 1. The predicted molar refractivity (Wildman–Crippen MR) is 79.8 cm³/mol. The van der Waals surface area contributed by atoms with Gasteiger partial charge in [-0.1, -0.05) is 38.4 Å². The maximum atomic E-state index is 11.9. The number of nitrogens with one attached hydrogen (secondary N) is 1. The molecular formula is C13H18BrClN2O. The van der Waals surface area contributed by atoms with E-state index in [0.29, 0.717) is 15.2 Å². The average Bonchev–Trinajstić information content (AvgIpc) is 2.23. The Morgan fingerprint density at radius 1 is 1.50 bits per heavy atom. The van der Waals surface area contributed by atoms with E-state index in [9.17, 15) is 4.79 Å². The lowest BCUT2D eigenvalue weighted by Gasteiger charge is -2.26. The largest absolute Gasteiger partial charge is 0.327 e. The van der Waals surface area contributed by atoms with Crippen LogP contribution in [0.3, 0.4) is 0 Å². The van der Waals surface area contributed by atoms with E-state index in [1.54, 1.807) is 18.2 Å². The van der Waals surface area contributed by atoms with Crippen molar-refractivity contribution < 1.29 is 4.79 Å². The minimum Gasteiger partial charge on any atom is -0.327 e. The molecule has 1 rings (SSSR count). The summed E-state index contributed by atoms with van der Waals surface area (Å²) < 4.78 is 0.685. The van der Waals surface area contributed by atoms with Crippen molar-refractivity contribution in [3.63, 3.8) is 0 Å². The summed E-state index contributed by atoms with van der Waals surface area (Å²) in [6.45, 7) is 6.04. The van der Waals surface area contributed by atoms with Crippen LogP contribution in [0.25, 0.3) is 0 Å². The van der Waals surface area contributed by atoms with Gasteiger partial charge in [-0.3, -0.25) is 4.79 Å². The second-order valence-corrected chi connectivity index (χ2v) is 6.53. The highest BCUT2D eigenvalue weighted by Crippen LogP contribution is 2.30. The molecule has 0 aromatic heterocycles. The molecule has 0 aliphatic heterocycles. The van der Waals surface area contributed by atoms with Gasteiger partial charge in [0.1, 0.15) is 0 Å². The van der Waals surface area contributed by atoms with E-state index < -0.39 is 0 Å². The molecule has 0 heterocycles. The molecule has 1 amide bonds. The summed E-state index contributed by atoms with van der Waals surface area (Å²) in [6.07, 6.45) is 0.280. The third-order valence-corrected chi connectivity index (χ3v) is 4.14. The first-order valence-electron chi connectivity index (χ1n) is 5.71. The highest BCUT2D eigenvalue weighted by molar-refractivity contribution is 9.10. The Labute approximate surface area is 121 Å². The first-order chi connectivity index (χ1) is 8.21. The fraction of sp³-hybridized carbons (Fsp3) is 0.462. The van der Waals surface area contributed by atoms with Crippen molar-refractivity contribution in [2.24, 2.45) is 11.1 Å². The fourth-order valence-electron chi connectivity index (χ4n) is 1.31. The Balaban J connectivity index is 2.69. The van der Waals surface area contributed by atoms with Crippen LogP contribution in [0.5, 0.6) is 0 Å². The quantitative estimate of drug-likeness (QED) is 0.884. The van der Waals surface area contributed by atoms with E-state index in [1.807, 2.05) is 20.8 Å². The summed E-state index contributed by atoms with van der Waals surface area (Å²) in [7, 11) is 0. The van der Waals surface area contributed by atoms with Gasteiger partial charge in [-0.15, -0.1) is 0 Å². The molecule has 0 radical (unpaired) electrons. The molecular weight excluding hydrogens is 316 g/mol. The van der Waals surface area contributed by atoms with Crippen LogP contribution in [0.15, 0.2) is 22.7 Å². The summed E-state index contributed by atoms with van der Waals surface area (Å²) in [6, 6.07) is 5.14. The molecule has 0 saturated carbocycles. The van der Waals surface area contributed by atoms with Gasteiger partial charge in [0.05, 0.1) is 15.2 Å². The first-order valence-corrected chi connectivity index (χ1v) is 6.88. The zero-order chi connectivity index (χ0) is 13.9. The van der Waals surface area contributed by atoms with Gasteiger partial charge in [0, 0.05) is 12.5 Å². The molecule has 0 aliphatic carbocycles. The van der Waals surface area contributed by atoms with Crippen LogP contribution in [-0.2, 0) is 4.79 Å². The summed E-state index contributed by atoms with van der Waals surface area (Å²) in [4.78, 5) is 11.9. The minimum absolute atomic E-state index is 0.0943. The standard InChI is InChI=1S/C13H18BrClN2O/c1-13(2,3)10(16)7-11(18)17-9-6-4-5-8(15)12(9)14/h4-6,10H,7,16H2,1-3H3,(H,17,18). The normalized spacial score (nSPS) is 13.2. The number of carbonyl (C=O) groups excluding carboxylic acids is 1. The van der Waals surface area contributed by atoms with Crippen molar-refractivity contribution >= 4 is 39.1 Å². The SMILES string of the molecule is CC(C)(C)C(N)CC(=O)Nc1cccc(Cl)c1Br. The third-order valence-electron chi connectivity index (χ3n) is 2.74. The van der Waals surface area contributed by atoms with Crippen LogP contribution >= 0.6 is 27.5 Å². The molecule has 18 heavy (non-hydrogen) atoms. The molecule has 0 aliphatic rings. The van der Waals surface area contributed by atoms with E-state index in [-0.39, 0.29) is 23.8 Å². The maximum Gasteiger partial charge on any atom is 0.225 e. The van der Waals surface area contributed by atoms with Gasteiger partial charge in [0.2, 0.25) is 5.91 Å². The number of rotatable bonds is 3. The number of nitrogens with two attached hydrogens (primary N) is 1. The lowest BCUT2D eigenvalue weighted by molar-refractivity contribution is -0.117. The topological polar surface area (TPSA) is 55.1 Å². The number of hydrogen-bond donors (Lipinski definition) is 2. The lowest BCUT2D eigenvalue weighted by Crippen LogP contribution is -2.38. The molecule has 0 spiro atoms. The Morgan fingerprint density at radius 2 is 2.11 bits per heavy atom. The van der Waals surface area contributed by atoms with E-state index in [4.69, 9.17) is 17.3 Å². The van der Waals surface area contributed by atoms with Crippen LogP contribution < -0.4 is 11.1 Å². The van der Waals surface area contributed by atoms with Crippen molar-refractivity contribution in [2.45, 2.75) is 33.2 Å². The highest BCUT2D eigenvalue weighted by atomic mass is 79.9. The van der Waals surface area contributed by atoms with E-state index in [0.717, 1.165) is 0 Å². The van der Waals surface area contributed by atoms with Crippen molar-refractivity contribution in [3.05, 3.63) is 27.7 Å². The van der Waals surface area contributed by atoms with E-state index in [1.165, 1.54) is 0 Å². The molecule has 1 aromatic rings. The van der Waals surface area contributed by atoms with Crippen molar-refractivity contribution in [2.75, 3.05) is 5.32 Å². The fourth-order valence-corrected chi connectivity index (χ4v) is 1.85. The molecule has 3 N–H and O–H groups in total. The molecule has 100 valence electrons. The second kappa shape index (κ2) is 6.04. The van der Waals surface area contributed by atoms with Crippen LogP contribution in [0.4, 0.5) is 5.69 Å². The Morgan fingerprint density at radius 3 is 2.67 bits per heavy atom. The smallest absolute Gasteiger partial charge is 0.225 e. The zero-order valence-electron chi connectivity index (χ0n) is 10.8. The monoisotopic (exact) mass is 332 g/mol. The molecule has 0 fully saturated rings. The van der Waals surface area contributed by atoms with Crippen LogP contribution in [-0.4, -0.2) is 11.9 Å². The number of anilines is 1. The van der Waals surface area contributed by atoms with Gasteiger partial charge >= 0.3 is 0 Å². The number of carbonyl (C=O) groups is 1. The Bertz CT molecular complexity index is 443. The summed E-state index contributed by atoms with van der Waals surface area (Å²) in [5, 5.41) is 3.37. The van der Waals surface area contributed by atoms with Gasteiger partial charge in [0.15, 0.2) is 0 Å². The number of halogens is 2. The third kappa shape index (κ3) is 4.26. The average molecular weight is 334 g/mol. The molecule has 0 bridgehead atoms. The molecule has 1 atom stereocenters. The van der Waals surface area contributed by atoms with Crippen molar-refractivity contribution in [1.82, 2.24) is 0 Å². The minimum atomic E-state index is -0.185. The van der Waals surface area contributed by atoms with Crippen molar-refractivity contribution in [3.8, 4) is 0 Å². The van der Waals surface area contributed by atoms with Gasteiger partial charge in [-0.05, 0) is 33.5 Å². The van der Waals surface area contributed by atoms with Crippen LogP contribution in [0.1, 0.15) is 27.2 Å². The molecule has 0 saturated heterocycles. The predicted octanol–water partition coefficient (Wildman–Crippen LogP) is 3.80. The van der Waals surface area contributed by atoms with Crippen LogP contribution in [0.2, 0.25) is 5.02 Å². The summed E-state index contributed by atoms with van der Waals surface area (Å²) in [5.41, 5.74) is 6.54. The number of hydrogen-bond acceptors (Lipinski definition) is 2. The van der Waals surface area contributed by atoms with Gasteiger partial charge in [-0.2, -0.15) is 0 Å². The second-order valence-electron chi connectivity index (χ2n) is 5.33. The molecule has 5 heteroatoms. The maximum absolute atomic E-state index is 11.9. The summed E-state index contributed by atoms with van der Waals surface area (Å²) >= 11 is 9.29. The molecule has 3 nitrogen and oxygen atoms in total. The van der Waals surface area contributed by atoms with Gasteiger partial charge < -0.3 is 11.1 Å². The highest BCUT2D eigenvalue weighted by Gasteiger charge is 2.23.